The maximum atomic E-state index is 11.1. The van der Waals surface area contributed by atoms with Crippen molar-refractivity contribution in [3.8, 4) is 0 Å². The maximum absolute atomic E-state index is 11.1. The van der Waals surface area contributed by atoms with E-state index in [4.69, 9.17) is 11.6 Å². The first kappa shape index (κ1) is 14.5. The van der Waals surface area contributed by atoms with Gasteiger partial charge >= 0.3 is 5.97 Å². The van der Waals surface area contributed by atoms with Crippen LogP contribution in [0.5, 0.6) is 0 Å². The van der Waals surface area contributed by atoms with Gasteiger partial charge in [0.2, 0.25) is 0 Å². The molecule has 1 rings (SSSR count). The van der Waals surface area contributed by atoms with Crippen LogP contribution in [0.3, 0.4) is 0 Å². The van der Waals surface area contributed by atoms with Crippen molar-refractivity contribution in [3.63, 3.8) is 0 Å². The van der Waals surface area contributed by atoms with Gasteiger partial charge in [-0.1, -0.05) is 27.5 Å². The molecule has 1 atom stereocenters. The molecule has 0 radical (unpaired) electrons. The molecular weight excluding hydrogens is 305 g/mol. The number of esters is 1. The molecule has 5 heteroatoms. The lowest BCUT2D eigenvalue weighted by Crippen LogP contribution is -2.28. The Morgan fingerprint density at radius 1 is 1.59 bits per heavy atom. The minimum absolute atomic E-state index is 0.0633. The van der Waals surface area contributed by atoms with Crippen molar-refractivity contribution in [1.29, 1.82) is 0 Å². The lowest BCUT2D eigenvalue weighted by molar-refractivity contribution is -0.141. The van der Waals surface area contributed by atoms with Crippen LogP contribution < -0.4 is 5.32 Å². The zero-order valence-electron chi connectivity index (χ0n) is 9.80. The number of carbonyl (C=O) groups excluding carboxylic acids is 1. The Balaban J connectivity index is 2.49. The minimum atomic E-state index is -0.213. The topological polar surface area (TPSA) is 38.3 Å². The predicted molar refractivity (Wildman–Crippen MR) is 72.1 cm³/mol. The van der Waals surface area contributed by atoms with Gasteiger partial charge in [0.25, 0.3) is 0 Å². The molecule has 0 saturated carbocycles. The molecule has 94 valence electrons. The number of benzene rings is 1. The highest BCUT2D eigenvalue weighted by Crippen LogP contribution is 2.21. The number of rotatable bonds is 5. The number of ether oxygens (including phenoxy) is 1. The van der Waals surface area contributed by atoms with Gasteiger partial charge in [-0.2, -0.15) is 0 Å². The molecule has 0 aliphatic rings. The highest BCUT2D eigenvalue weighted by molar-refractivity contribution is 9.10. The monoisotopic (exact) mass is 319 g/mol. The van der Waals surface area contributed by atoms with Crippen molar-refractivity contribution in [2.45, 2.75) is 25.9 Å². The van der Waals surface area contributed by atoms with Crippen LogP contribution in [0.25, 0.3) is 0 Å². The van der Waals surface area contributed by atoms with E-state index in [0.29, 0.717) is 18.0 Å². The van der Waals surface area contributed by atoms with Gasteiger partial charge in [-0.3, -0.25) is 4.79 Å². The maximum Gasteiger partial charge on any atom is 0.307 e. The molecule has 0 heterocycles. The number of nitrogens with one attached hydrogen (secondary N) is 1. The van der Waals surface area contributed by atoms with Gasteiger partial charge < -0.3 is 10.1 Å². The lowest BCUT2D eigenvalue weighted by atomic mass is 10.2. The molecule has 0 amide bonds. The van der Waals surface area contributed by atoms with Crippen LogP contribution in [0.2, 0.25) is 5.02 Å². The molecule has 0 fully saturated rings. The normalized spacial score (nSPS) is 12.2. The molecule has 1 aromatic carbocycles. The average molecular weight is 321 g/mol. The summed E-state index contributed by atoms with van der Waals surface area (Å²) in [5, 5.41) is 3.94. The van der Waals surface area contributed by atoms with Crippen molar-refractivity contribution >= 4 is 33.5 Å². The molecule has 3 nitrogen and oxygen atoms in total. The van der Waals surface area contributed by atoms with E-state index < -0.39 is 0 Å². The quantitative estimate of drug-likeness (QED) is 0.847. The highest BCUT2D eigenvalue weighted by Gasteiger charge is 2.09. The van der Waals surface area contributed by atoms with E-state index in [9.17, 15) is 4.79 Å². The third-order valence-electron chi connectivity index (χ3n) is 2.35. The Labute approximate surface area is 115 Å². The second kappa shape index (κ2) is 6.99. The summed E-state index contributed by atoms with van der Waals surface area (Å²) in [6.45, 7) is 2.59. The van der Waals surface area contributed by atoms with Crippen LogP contribution in [-0.4, -0.2) is 19.1 Å². The van der Waals surface area contributed by atoms with Crippen LogP contribution in [0.1, 0.15) is 18.9 Å². The number of hydrogen-bond donors (Lipinski definition) is 1. The van der Waals surface area contributed by atoms with Crippen LogP contribution in [0.4, 0.5) is 0 Å². The third kappa shape index (κ3) is 5.06. The molecule has 17 heavy (non-hydrogen) atoms. The van der Waals surface area contributed by atoms with Gasteiger partial charge in [-0.15, -0.1) is 0 Å². The van der Waals surface area contributed by atoms with Gasteiger partial charge in [0, 0.05) is 22.1 Å². The van der Waals surface area contributed by atoms with Gasteiger partial charge in [-0.25, -0.2) is 0 Å². The summed E-state index contributed by atoms with van der Waals surface area (Å²) in [6.07, 6.45) is 0.356. The summed E-state index contributed by atoms with van der Waals surface area (Å²) in [7, 11) is 1.39. The Morgan fingerprint density at radius 2 is 2.29 bits per heavy atom. The molecule has 0 aromatic heterocycles. The van der Waals surface area contributed by atoms with Gasteiger partial charge in [-0.05, 0) is 30.7 Å². The van der Waals surface area contributed by atoms with E-state index in [2.05, 4.69) is 26.0 Å². The average Bonchev–Trinajstić information content (AvgIpc) is 2.30. The molecule has 0 saturated heterocycles. The second-order valence-corrected chi connectivity index (χ2v) is 5.09. The minimum Gasteiger partial charge on any atom is -0.469 e. The summed E-state index contributed by atoms with van der Waals surface area (Å²) < 4.78 is 5.61. The van der Waals surface area contributed by atoms with E-state index in [0.717, 1.165) is 10.0 Å². The van der Waals surface area contributed by atoms with E-state index >= 15 is 0 Å². The zero-order chi connectivity index (χ0) is 12.8. The van der Waals surface area contributed by atoms with E-state index in [1.54, 1.807) is 0 Å². The molecule has 1 unspecified atom stereocenters. The first-order valence-corrected chi connectivity index (χ1v) is 6.44. The molecule has 0 bridgehead atoms. The van der Waals surface area contributed by atoms with E-state index in [-0.39, 0.29) is 12.0 Å². The smallest absolute Gasteiger partial charge is 0.307 e. The van der Waals surface area contributed by atoms with Crippen LogP contribution >= 0.6 is 27.5 Å². The number of carbonyl (C=O) groups is 1. The van der Waals surface area contributed by atoms with E-state index in [1.165, 1.54) is 7.11 Å². The SMILES string of the molecule is COC(=O)CC(C)NCc1cc(Cl)ccc1Br. The second-order valence-electron chi connectivity index (χ2n) is 3.80. The number of hydrogen-bond acceptors (Lipinski definition) is 3. The van der Waals surface area contributed by atoms with Crippen LogP contribution in [0, 0.1) is 0 Å². The van der Waals surface area contributed by atoms with Crippen molar-refractivity contribution in [2.75, 3.05) is 7.11 Å². The molecule has 1 N–H and O–H groups in total. The largest absolute Gasteiger partial charge is 0.469 e. The summed E-state index contributed by atoms with van der Waals surface area (Å²) >= 11 is 9.37. The van der Waals surface area contributed by atoms with E-state index in [1.807, 2.05) is 25.1 Å². The van der Waals surface area contributed by atoms with Gasteiger partial charge in [0.1, 0.15) is 0 Å². The Kier molecular flexibility index (Phi) is 5.95. The molecule has 0 aliphatic heterocycles. The number of methoxy groups -OCH3 is 1. The Hall–Kier alpha value is -0.580. The Morgan fingerprint density at radius 3 is 2.94 bits per heavy atom. The fourth-order valence-electron chi connectivity index (χ4n) is 1.37. The number of halogens is 2. The Bertz CT molecular complexity index is 398. The summed E-state index contributed by atoms with van der Waals surface area (Å²) in [5.41, 5.74) is 1.06. The zero-order valence-corrected chi connectivity index (χ0v) is 12.1. The highest BCUT2D eigenvalue weighted by atomic mass is 79.9. The summed E-state index contributed by atoms with van der Waals surface area (Å²) in [4.78, 5) is 11.1. The first-order valence-electron chi connectivity index (χ1n) is 5.27. The lowest BCUT2D eigenvalue weighted by Gasteiger charge is -2.13. The predicted octanol–water partition coefficient (Wildman–Crippen LogP) is 3.14. The summed E-state index contributed by atoms with van der Waals surface area (Å²) in [5.74, 6) is -0.213. The molecule has 1 aromatic rings. The van der Waals surface area contributed by atoms with Crippen LogP contribution in [0.15, 0.2) is 22.7 Å². The van der Waals surface area contributed by atoms with Gasteiger partial charge in [0.05, 0.1) is 13.5 Å². The fourth-order valence-corrected chi connectivity index (χ4v) is 1.95. The van der Waals surface area contributed by atoms with Crippen molar-refractivity contribution in [3.05, 3.63) is 33.3 Å². The van der Waals surface area contributed by atoms with Crippen molar-refractivity contribution in [2.24, 2.45) is 0 Å². The van der Waals surface area contributed by atoms with Crippen molar-refractivity contribution in [1.82, 2.24) is 5.32 Å². The van der Waals surface area contributed by atoms with Crippen LogP contribution in [-0.2, 0) is 16.1 Å². The molecular formula is C12H15BrClNO2. The third-order valence-corrected chi connectivity index (χ3v) is 3.36. The standard InChI is InChI=1S/C12H15BrClNO2/c1-8(5-12(16)17-2)15-7-9-6-10(14)3-4-11(9)13/h3-4,6,8,15H,5,7H2,1-2H3. The molecule has 0 spiro atoms. The molecule has 0 aliphatic carbocycles. The first-order chi connectivity index (χ1) is 8.02. The summed E-state index contributed by atoms with van der Waals surface area (Å²) in [6, 6.07) is 5.69. The fraction of sp³-hybridized carbons (Fsp3) is 0.417. The van der Waals surface area contributed by atoms with Crippen molar-refractivity contribution < 1.29 is 9.53 Å². The van der Waals surface area contributed by atoms with Gasteiger partial charge in [0.15, 0.2) is 0 Å².